The van der Waals surface area contributed by atoms with Crippen molar-refractivity contribution in [2.24, 2.45) is 4.99 Å². The Bertz CT molecular complexity index is 830. The van der Waals surface area contributed by atoms with Crippen molar-refractivity contribution in [1.82, 2.24) is 20.8 Å². The molecular formula is C18H18ClN5O. The third kappa shape index (κ3) is 4.81. The number of aromatic nitrogens is 2. The van der Waals surface area contributed by atoms with Gasteiger partial charge in [-0.15, -0.1) is 0 Å². The van der Waals surface area contributed by atoms with E-state index < -0.39 is 0 Å². The van der Waals surface area contributed by atoms with E-state index in [4.69, 9.17) is 16.1 Å². The van der Waals surface area contributed by atoms with Crippen LogP contribution in [0.4, 0.5) is 0 Å². The molecule has 25 heavy (non-hydrogen) atoms. The highest BCUT2D eigenvalue weighted by Gasteiger charge is 2.09. The largest absolute Gasteiger partial charge is 0.352 e. The van der Waals surface area contributed by atoms with Gasteiger partial charge in [0.15, 0.2) is 5.96 Å². The average Bonchev–Trinajstić information content (AvgIpc) is 3.12. The van der Waals surface area contributed by atoms with Gasteiger partial charge in [-0.05, 0) is 29.8 Å². The number of guanidine groups is 1. The predicted molar refractivity (Wildman–Crippen MR) is 98.2 cm³/mol. The van der Waals surface area contributed by atoms with Gasteiger partial charge < -0.3 is 15.2 Å². The van der Waals surface area contributed by atoms with E-state index in [9.17, 15) is 0 Å². The molecule has 0 aliphatic rings. The summed E-state index contributed by atoms with van der Waals surface area (Å²) in [5, 5.41) is 11.0. The minimum absolute atomic E-state index is 0.384. The smallest absolute Gasteiger partial charge is 0.246 e. The quantitative estimate of drug-likeness (QED) is 0.542. The number of hydrogen-bond acceptors (Lipinski definition) is 4. The molecule has 3 aromatic rings. The monoisotopic (exact) mass is 355 g/mol. The van der Waals surface area contributed by atoms with Crippen LogP contribution < -0.4 is 10.6 Å². The van der Waals surface area contributed by atoms with Gasteiger partial charge in [0.2, 0.25) is 11.7 Å². The summed E-state index contributed by atoms with van der Waals surface area (Å²) in [5.41, 5.74) is 2.03. The maximum Gasteiger partial charge on any atom is 0.246 e. The van der Waals surface area contributed by atoms with Crippen molar-refractivity contribution < 1.29 is 4.52 Å². The fourth-order valence-corrected chi connectivity index (χ4v) is 2.33. The first-order valence-electron chi connectivity index (χ1n) is 7.81. The van der Waals surface area contributed by atoms with E-state index in [-0.39, 0.29) is 0 Å². The van der Waals surface area contributed by atoms with Crippen molar-refractivity contribution in [1.29, 1.82) is 0 Å². The molecule has 0 saturated carbocycles. The molecule has 0 radical (unpaired) electrons. The lowest BCUT2D eigenvalue weighted by Gasteiger charge is -2.10. The number of rotatable bonds is 5. The van der Waals surface area contributed by atoms with Gasteiger partial charge in [-0.3, -0.25) is 4.99 Å². The molecule has 6 nitrogen and oxygen atoms in total. The molecule has 0 atom stereocenters. The Morgan fingerprint density at radius 2 is 1.76 bits per heavy atom. The maximum atomic E-state index is 5.88. The van der Waals surface area contributed by atoms with Crippen LogP contribution in [0.3, 0.4) is 0 Å². The molecule has 7 heteroatoms. The van der Waals surface area contributed by atoms with Gasteiger partial charge in [-0.25, -0.2) is 0 Å². The number of benzene rings is 2. The van der Waals surface area contributed by atoms with E-state index in [1.54, 1.807) is 19.2 Å². The average molecular weight is 356 g/mol. The molecule has 128 valence electrons. The number of nitrogens with zero attached hydrogens (tertiary/aromatic N) is 3. The molecule has 1 heterocycles. The minimum atomic E-state index is 0.384. The van der Waals surface area contributed by atoms with Gasteiger partial charge in [0, 0.05) is 24.2 Å². The lowest BCUT2D eigenvalue weighted by atomic mass is 10.2. The molecule has 0 amide bonds. The van der Waals surface area contributed by atoms with Crippen LogP contribution in [-0.4, -0.2) is 23.1 Å². The number of halogens is 1. The van der Waals surface area contributed by atoms with Crippen molar-refractivity contribution in [2.45, 2.75) is 13.1 Å². The molecule has 0 bridgehead atoms. The SMILES string of the molecule is CN=C(NCc1ccccc1)NCc1nc(-c2ccc(Cl)cc2)no1. The summed E-state index contributed by atoms with van der Waals surface area (Å²) < 4.78 is 5.27. The topological polar surface area (TPSA) is 75.3 Å². The van der Waals surface area contributed by atoms with Gasteiger partial charge in [-0.1, -0.05) is 47.1 Å². The molecule has 2 N–H and O–H groups in total. The second-order valence-corrected chi connectivity index (χ2v) is 5.72. The zero-order valence-corrected chi connectivity index (χ0v) is 14.5. The van der Waals surface area contributed by atoms with Crippen molar-refractivity contribution >= 4 is 17.6 Å². The first kappa shape index (κ1) is 17.0. The molecule has 0 aliphatic carbocycles. The molecule has 0 spiro atoms. The summed E-state index contributed by atoms with van der Waals surface area (Å²) in [5.74, 6) is 1.67. The molecule has 0 fully saturated rings. The highest BCUT2D eigenvalue weighted by atomic mass is 35.5. The molecule has 0 unspecified atom stereocenters. The van der Waals surface area contributed by atoms with E-state index >= 15 is 0 Å². The van der Waals surface area contributed by atoms with Crippen LogP contribution in [0.2, 0.25) is 5.02 Å². The molecular weight excluding hydrogens is 338 g/mol. The maximum absolute atomic E-state index is 5.88. The Morgan fingerprint density at radius 3 is 2.48 bits per heavy atom. The lowest BCUT2D eigenvalue weighted by Crippen LogP contribution is -2.36. The fourth-order valence-electron chi connectivity index (χ4n) is 2.20. The van der Waals surface area contributed by atoms with Gasteiger partial charge in [0.1, 0.15) is 0 Å². The van der Waals surface area contributed by atoms with Gasteiger partial charge in [-0.2, -0.15) is 4.98 Å². The second-order valence-electron chi connectivity index (χ2n) is 5.28. The third-order valence-electron chi connectivity index (χ3n) is 3.50. The van der Waals surface area contributed by atoms with Crippen molar-refractivity contribution in [3.63, 3.8) is 0 Å². The molecule has 1 aromatic heterocycles. The Balaban J connectivity index is 1.54. The Morgan fingerprint density at radius 1 is 1.04 bits per heavy atom. The van der Waals surface area contributed by atoms with E-state index in [1.165, 1.54) is 5.56 Å². The van der Waals surface area contributed by atoms with E-state index in [1.807, 2.05) is 30.3 Å². The summed E-state index contributed by atoms with van der Waals surface area (Å²) in [7, 11) is 1.72. The summed E-state index contributed by atoms with van der Waals surface area (Å²) in [6.45, 7) is 1.06. The summed E-state index contributed by atoms with van der Waals surface area (Å²) >= 11 is 5.88. The second kappa shape index (κ2) is 8.30. The van der Waals surface area contributed by atoms with E-state index in [0.717, 1.165) is 5.56 Å². The van der Waals surface area contributed by atoms with Crippen LogP contribution in [0, 0.1) is 0 Å². The number of nitrogens with one attached hydrogen (secondary N) is 2. The van der Waals surface area contributed by atoms with Crippen LogP contribution in [0.25, 0.3) is 11.4 Å². The standard InChI is InChI=1S/C18H18ClN5O/c1-20-18(21-11-13-5-3-2-4-6-13)22-12-16-23-17(24-25-16)14-7-9-15(19)10-8-14/h2-10H,11-12H2,1H3,(H2,20,21,22). The molecule has 2 aromatic carbocycles. The van der Waals surface area contributed by atoms with Gasteiger partial charge in [0.05, 0.1) is 6.54 Å². The Hall–Kier alpha value is -2.86. The van der Waals surface area contributed by atoms with Gasteiger partial charge in [0.25, 0.3) is 0 Å². The lowest BCUT2D eigenvalue weighted by molar-refractivity contribution is 0.375. The highest BCUT2D eigenvalue weighted by molar-refractivity contribution is 6.30. The fraction of sp³-hybridized carbons (Fsp3) is 0.167. The first-order valence-corrected chi connectivity index (χ1v) is 8.19. The first-order chi connectivity index (χ1) is 12.2. The third-order valence-corrected chi connectivity index (χ3v) is 3.76. The van der Waals surface area contributed by atoms with Crippen LogP contribution in [0.15, 0.2) is 64.1 Å². The zero-order valence-electron chi connectivity index (χ0n) is 13.7. The van der Waals surface area contributed by atoms with Crippen molar-refractivity contribution in [2.75, 3.05) is 7.05 Å². The van der Waals surface area contributed by atoms with Crippen molar-refractivity contribution in [3.8, 4) is 11.4 Å². The summed E-state index contributed by atoms with van der Waals surface area (Å²) in [6.07, 6.45) is 0. The van der Waals surface area contributed by atoms with Crippen LogP contribution in [-0.2, 0) is 13.1 Å². The van der Waals surface area contributed by atoms with Crippen molar-refractivity contribution in [3.05, 3.63) is 71.1 Å². The molecule has 3 rings (SSSR count). The molecule has 0 saturated heterocycles. The summed E-state index contributed by atoms with van der Waals surface area (Å²) in [4.78, 5) is 8.55. The number of hydrogen-bond donors (Lipinski definition) is 2. The van der Waals surface area contributed by atoms with Crippen LogP contribution >= 0.6 is 11.6 Å². The Kier molecular flexibility index (Phi) is 5.64. The zero-order chi connectivity index (χ0) is 17.5. The highest BCUT2D eigenvalue weighted by Crippen LogP contribution is 2.18. The van der Waals surface area contributed by atoms with Crippen LogP contribution in [0.5, 0.6) is 0 Å². The normalized spacial score (nSPS) is 11.4. The van der Waals surface area contributed by atoms with Gasteiger partial charge >= 0.3 is 0 Å². The molecule has 0 aliphatic heterocycles. The van der Waals surface area contributed by atoms with E-state index in [2.05, 4.69) is 37.9 Å². The van der Waals surface area contributed by atoms with E-state index in [0.29, 0.717) is 35.8 Å². The minimum Gasteiger partial charge on any atom is -0.352 e. The van der Waals surface area contributed by atoms with Crippen LogP contribution in [0.1, 0.15) is 11.5 Å². The summed E-state index contributed by atoms with van der Waals surface area (Å²) in [6, 6.07) is 17.4. The Labute approximate surface area is 150 Å². The predicted octanol–water partition coefficient (Wildman–Crippen LogP) is 3.26. The number of aliphatic imine (C=N–C) groups is 1.